The third-order valence-electron chi connectivity index (χ3n) is 2.66. The van der Waals surface area contributed by atoms with Gasteiger partial charge in [-0.25, -0.2) is 4.79 Å². The van der Waals surface area contributed by atoms with Crippen LogP contribution in [0.3, 0.4) is 0 Å². The van der Waals surface area contributed by atoms with Crippen LogP contribution in [0.25, 0.3) is 0 Å². The van der Waals surface area contributed by atoms with Crippen molar-refractivity contribution < 1.29 is 14.3 Å². The summed E-state index contributed by atoms with van der Waals surface area (Å²) in [7, 11) is 1.29. The number of amides is 1. The zero-order valence-electron chi connectivity index (χ0n) is 10.6. The van der Waals surface area contributed by atoms with Crippen molar-refractivity contribution in [1.82, 2.24) is 5.32 Å². The van der Waals surface area contributed by atoms with Crippen LogP contribution in [0.15, 0.2) is 30.3 Å². The van der Waals surface area contributed by atoms with E-state index in [1.807, 2.05) is 6.07 Å². The van der Waals surface area contributed by atoms with Crippen molar-refractivity contribution in [3.05, 3.63) is 35.9 Å². The number of esters is 1. The minimum Gasteiger partial charge on any atom is -0.467 e. The van der Waals surface area contributed by atoms with E-state index < -0.39 is 12.0 Å². The Bertz CT molecular complexity index is 406. The van der Waals surface area contributed by atoms with E-state index in [1.165, 1.54) is 7.11 Å². The van der Waals surface area contributed by atoms with E-state index in [1.54, 1.807) is 31.2 Å². The Hall–Kier alpha value is -1.88. The summed E-state index contributed by atoms with van der Waals surface area (Å²) in [6.45, 7) is 1.93. The van der Waals surface area contributed by atoms with Gasteiger partial charge in [0, 0.05) is 12.5 Å². The molecule has 1 aromatic rings. The molecule has 0 spiro atoms. The van der Waals surface area contributed by atoms with Gasteiger partial charge in [-0.15, -0.1) is 0 Å². The second kappa shape index (κ2) is 6.76. The van der Waals surface area contributed by atoms with Gasteiger partial charge in [-0.1, -0.05) is 37.3 Å². The van der Waals surface area contributed by atoms with Crippen molar-refractivity contribution in [2.24, 2.45) is 11.7 Å². The number of hydrogen-bond acceptors (Lipinski definition) is 4. The molecule has 0 radical (unpaired) electrons. The summed E-state index contributed by atoms with van der Waals surface area (Å²) in [6.07, 6.45) is 0. The van der Waals surface area contributed by atoms with Gasteiger partial charge in [0.15, 0.2) is 6.04 Å². The number of nitrogens with one attached hydrogen (secondary N) is 1. The van der Waals surface area contributed by atoms with E-state index in [0.717, 1.165) is 0 Å². The molecule has 1 amide bonds. The Morgan fingerprint density at radius 1 is 1.33 bits per heavy atom. The molecule has 0 saturated heterocycles. The highest BCUT2D eigenvalue weighted by Crippen LogP contribution is 2.14. The second-order valence-electron chi connectivity index (χ2n) is 4.01. The average Bonchev–Trinajstić information content (AvgIpc) is 2.43. The van der Waals surface area contributed by atoms with E-state index in [2.05, 4.69) is 5.32 Å². The molecule has 0 aromatic heterocycles. The van der Waals surface area contributed by atoms with Crippen LogP contribution >= 0.6 is 0 Å². The quantitative estimate of drug-likeness (QED) is 0.750. The maximum absolute atomic E-state index is 11.8. The molecule has 1 aromatic carbocycles. The molecular formula is C13H18N2O3. The highest BCUT2D eigenvalue weighted by molar-refractivity contribution is 5.86. The van der Waals surface area contributed by atoms with Crippen LogP contribution < -0.4 is 11.1 Å². The van der Waals surface area contributed by atoms with Gasteiger partial charge < -0.3 is 15.8 Å². The Labute approximate surface area is 106 Å². The fourth-order valence-corrected chi connectivity index (χ4v) is 1.43. The number of benzene rings is 1. The van der Waals surface area contributed by atoms with Crippen LogP contribution in [0.2, 0.25) is 0 Å². The average molecular weight is 250 g/mol. The van der Waals surface area contributed by atoms with Crippen molar-refractivity contribution in [3.63, 3.8) is 0 Å². The predicted octanol–water partition coefficient (Wildman–Crippen LogP) is 0.612. The summed E-state index contributed by atoms with van der Waals surface area (Å²) in [5.74, 6) is -1.11. The minimum atomic E-state index is -0.794. The van der Waals surface area contributed by atoms with Crippen LogP contribution in [-0.4, -0.2) is 25.5 Å². The molecule has 18 heavy (non-hydrogen) atoms. The van der Waals surface area contributed by atoms with Crippen LogP contribution in [0.4, 0.5) is 0 Å². The van der Waals surface area contributed by atoms with E-state index >= 15 is 0 Å². The van der Waals surface area contributed by atoms with Gasteiger partial charge in [-0.05, 0) is 5.56 Å². The molecule has 0 aliphatic heterocycles. The molecule has 1 rings (SSSR count). The normalized spacial score (nSPS) is 13.5. The molecule has 0 heterocycles. The number of carbonyl (C=O) groups is 2. The molecule has 5 nitrogen and oxygen atoms in total. The Morgan fingerprint density at radius 3 is 2.44 bits per heavy atom. The van der Waals surface area contributed by atoms with E-state index in [-0.39, 0.29) is 18.4 Å². The molecule has 0 fully saturated rings. The van der Waals surface area contributed by atoms with Crippen LogP contribution in [-0.2, 0) is 14.3 Å². The Balaban J connectivity index is 2.87. The lowest BCUT2D eigenvalue weighted by atomic mass is 10.1. The van der Waals surface area contributed by atoms with E-state index in [9.17, 15) is 9.59 Å². The highest BCUT2D eigenvalue weighted by atomic mass is 16.5. The summed E-state index contributed by atoms with van der Waals surface area (Å²) in [5, 5.41) is 2.64. The number of methoxy groups -OCH3 is 1. The fourth-order valence-electron chi connectivity index (χ4n) is 1.43. The molecule has 0 bridgehead atoms. The Kier molecular flexibility index (Phi) is 5.32. The first-order chi connectivity index (χ1) is 8.60. The lowest BCUT2D eigenvalue weighted by Gasteiger charge is -2.18. The maximum Gasteiger partial charge on any atom is 0.333 e. The summed E-state index contributed by atoms with van der Waals surface area (Å²) in [4.78, 5) is 23.5. The standard InChI is InChI=1S/C13H18N2O3/c1-9(8-14)12(16)15-11(13(17)18-2)10-6-4-3-5-7-10/h3-7,9,11H,8,14H2,1-2H3,(H,15,16). The molecule has 0 aliphatic rings. The van der Waals surface area contributed by atoms with Crippen molar-refractivity contribution in [1.29, 1.82) is 0 Å². The van der Waals surface area contributed by atoms with Gasteiger partial charge >= 0.3 is 5.97 Å². The molecule has 98 valence electrons. The summed E-state index contributed by atoms with van der Waals surface area (Å²) in [6, 6.07) is 8.15. The molecule has 2 atom stereocenters. The van der Waals surface area contributed by atoms with E-state index in [0.29, 0.717) is 5.56 Å². The smallest absolute Gasteiger partial charge is 0.333 e. The number of carbonyl (C=O) groups excluding carboxylic acids is 2. The molecule has 0 saturated carbocycles. The summed E-state index contributed by atoms with van der Waals surface area (Å²) < 4.78 is 4.70. The Morgan fingerprint density at radius 2 is 1.94 bits per heavy atom. The van der Waals surface area contributed by atoms with Gasteiger partial charge in [-0.3, -0.25) is 4.79 Å². The third kappa shape index (κ3) is 3.56. The minimum absolute atomic E-state index is 0.231. The molecule has 3 N–H and O–H groups in total. The zero-order chi connectivity index (χ0) is 13.5. The molecule has 0 aliphatic carbocycles. The van der Waals surface area contributed by atoms with Crippen LogP contribution in [0.5, 0.6) is 0 Å². The fraction of sp³-hybridized carbons (Fsp3) is 0.385. The molecule has 5 heteroatoms. The van der Waals surface area contributed by atoms with Gasteiger partial charge in [0.2, 0.25) is 5.91 Å². The lowest BCUT2D eigenvalue weighted by molar-refractivity contribution is -0.145. The molecular weight excluding hydrogens is 232 g/mol. The van der Waals surface area contributed by atoms with Crippen LogP contribution in [0, 0.1) is 5.92 Å². The van der Waals surface area contributed by atoms with Gasteiger partial charge in [-0.2, -0.15) is 0 Å². The summed E-state index contributed by atoms with van der Waals surface area (Å²) in [5.41, 5.74) is 6.10. The van der Waals surface area contributed by atoms with Crippen molar-refractivity contribution in [2.75, 3.05) is 13.7 Å². The van der Waals surface area contributed by atoms with E-state index in [4.69, 9.17) is 10.5 Å². The number of hydrogen-bond donors (Lipinski definition) is 2. The second-order valence-corrected chi connectivity index (χ2v) is 4.01. The van der Waals surface area contributed by atoms with Crippen molar-refractivity contribution >= 4 is 11.9 Å². The summed E-state index contributed by atoms with van der Waals surface area (Å²) >= 11 is 0. The monoisotopic (exact) mass is 250 g/mol. The third-order valence-corrected chi connectivity index (χ3v) is 2.66. The number of ether oxygens (including phenoxy) is 1. The number of nitrogens with two attached hydrogens (primary N) is 1. The first kappa shape index (κ1) is 14.2. The largest absolute Gasteiger partial charge is 0.467 e. The molecule has 2 unspecified atom stereocenters. The number of rotatable bonds is 5. The van der Waals surface area contributed by atoms with Gasteiger partial charge in [0.25, 0.3) is 0 Å². The highest BCUT2D eigenvalue weighted by Gasteiger charge is 2.24. The SMILES string of the molecule is COC(=O)C(NC(=O)C(C)CN)c1ccccc1. The van der Waals surface area contributed by atoms with Crippen molar-refractivity contribution in [3.8, 4) is 0 Å². The topological polar surface area (TPSA) is 81.4 Å². The lowest BCUT2D eigenvalue weighted by Crippen LogP contribution is -2.39. The predicted molar refractivity (Wildman–Crippen MR) is 67.6 cm³/mol. The maximum atomic E-state index is 11.8. The first-order valence-corrected chi connectivity index (χ1v) is 5.73. The van der Waals surface area contributed by atoms with Gasteiger partial charge in [0.05, 0.1) is 7.11 Å². The van der Waals surface area contributed by atoms with Crippen LogP contribution in [0.1, 0.15) is 18.5 Å². The first-order valence-electron chi connectivity index (χ1n) is 5.73. The van der Waals surface area contributed by atoms with Gasteiger partial charge in [0.1, 0.15) is 0 Å². The van der Waals surface area contributed by atoms with Crippen molar-refractivity contribution in [2.45, 2.75) is 13.0 Å². The zero-order valence-corrected chi connectivity index (χ0v) is 10.6.